The summed E-state index contributed by atoms with van der Waals surface area (Å²) in [7, 11) is 1.75. The number of rotatable bonds is 6. The second-order valence-corrected chi connectivity index (χ2v) is 6.51. The van der Waals surface area contributed by atoms with Crippen LogP contribution in [0.4, 0.5) is 5.69 Å². The number of carbonyl (C=O) groups excluding carboxylic acids is 1. The Labute approximate surface area is 158 Å². The highest BCUT2D eigenvalue weighted by Gasteiger charge is 2.25. The third-order valence-electron chi connectivity index (χ3n) is 5.03. The van der Waals surface area contributed by atoms with E-state index in [0.29, 0.717) is 12.1 Å². The molecule has 0 saturated heterocycles. The van der Waals surface area contributed by atoms with Crippen molar-refractivity contribution in [1.82, 2.24) is 4.57 Å². The highest BCUT2D eigenvalue weighted by atomic mass is 16.4. The highest BCUT2D eigenvalue weighted by molar-refractivity contribution is 6.03. The third-order valence-corrected chi connectivity index (χ3v) is 5.03. The van der Waals surface area contributed by atoms with Crippen LogP contribution in [0.25, 0.3) is 10.9 Å². The molecule has 3 aromatic rings. The van der Waals surface area contributed by atoms with Gasteiger partial charge in [0.05, 0.1) is 6.42 Å². The van der Waals surface area contributed by atoms with Gasteiger partial charge in [0, 0.05) is 35.7 Å². The minimum absolute atomic E-state index is 0.0453. The molecular formula is C22H24N2O3. The fraction of sp³-hybridized carbons (Fsp3) is 0.273. The monoisotopic (exact) mass is 364 g/mol. The average Bonchev–Trinajstić information content (AvgIpc) is 3.01. The molecule has 0 bridgehead atoms. The number of aromatic carboxylic acids is 1. The van der Waals surface area contributed by atoms with E-state index in [4.69, 9.17) is 0 Å². The number of carbonyl (C=O) groups is 2. The van der Waals surface area contributed by atoms with Crippen LogP contribution in [0.2, 0.25) is 0 Å². The lowest BCUT2D eigenvalue weighted by Gasteiger charge is -2.20. The van der Waals surface area contributed by atoms with Crippen LogP contribution in [-0.2, 0) is 24.2 Å². The molecule has 0 fully saturated rings. The number of nitrogens with zero attached hydrogens (tertiary/aromatic N) is 2. The summed E-state index contributed by atoms with van der Waals surface area (Å²) in [6.07, 6.45) is 0.868. The number of aromatic nitrogens is 1. The largest absolute Gasteiger partial charge is 0.477 e. The molecule has 140 valence electrons. The van der Waals surface area contributed by atoms with Gasteiger partial charge < -0.3 is 14.6 Å². The Morgan fingerprint density at radius 3 is 2.37 bits per heavy atom. The molecule has 1 aromatic heterocycles. The van der Waals surface area contributed by atoms with E-state index in [2.05, 4.69) is 6.92 Å². The maximum atomic E-state index is 13.0. The van der Waals surface area contributed by atoms with Crippen LogP contribution < -0.4 is 4.90 Å². The van der Waals surface area contributed by atoms with E-state index in [1.807, 2.05) is 55.5 Å². The summed E-state index contributed by atoms with van der Waals surface area (Å²) in [5.41, 5.74) is 3.57. The number of carboxylic acids is 1. The van der Waals surface area contributed by atoms with Crippen LogP contribution in [0.15, 0.2) is 48.5 Å². The zero-order valence-corrected chi connectivity index (χ0v) is 15.9. The predicted octanol–water partition coefficient (Wildman–Crippen LogP) is 4.13. The molecule has 0 aliphatic carbocycles. The fourth-order valence-electron chi connectivity index (χ4n) is 3.67. The van der Waals surface area contributed by atoms with Gasteiger partial charge in [-0.25, -0.2) is 4.79 Å². The van der Waals surface area contributed by atoms with Crippen molar-refractivity contribution in [2.45, 2.75) is 33.2 Å². The van der Waals surface area contributed by atoms with E-state index in [1.54, 1.807) is 16.5 Å². The van der Waals surface area contributed by atoms with Gasteiger partial charge in [0.15, 0.2) is 0 Å². The van der Waals surface area contributed by atoms with Crippen LogP contribution in [0.1, 0.15) is 35.5 Å². The highest BCUT2D eigenvalue weighted by Crippen LogP contribution is 2.28. The maximum Gasteiger partial charge on any atom is 0.352 e. The number of benzene rings is 2. The van der Waals surface area contributed by atoms with Crippen LogP contribution in [0, 0.1) is 0 Å². The Hall–Kier alpha value is -3.08. The smallest absolute Gasteiger partial charge is 0.352 e. The first kappa shape index (κ1) is 18.7. The van der Waals surface area contributed by atoms with Crippen molar-refractivity contribution in [3.05, 3.63) is 65.4 Å². The van der Waals surface area contributed by atoms with Crippen LogP contribution in [0.3, 0.4) is 0 Å². The Balaban J connectivity index is 2.05. The zero-order valence-electron chi connectivity index (χ0n) is 15.9. The molecule has 1 amide bonds. The van der Waals surface area contributed by atoms with Gasteiger partial charge in [0.2, 0.25) is 5.91 Å². The Morgan fingerprint density at radius 2 is 1.70 bits per heavy atom. The summed E-state index contributed by atoms with van der Waals surface area (Å²) >= 11 is 0. The quantitative estimate of drug-likeness (QED) is 0.715. The molecule has 3 rings (SSSR count). The van der Waals surface area contributed by atoms with Gasteiger partial charge in [-0.15, -0.1) is 0 Å². The van der Waals surface area contributed by atoms with Gasteiger partial charge in [-0.3, -0.25) is 4.79 Å². The van der Waals surface area contributed by atoms with Crippen LogP contribution in [0.5, 0.6) is 0 Å². The van der Waals surface area contributed by atoms with E-state index in [-0.39, 0.29) is 18.0 Å². The van der Waals surface area contributed by atoms with Crippen molar-refractivity contribution in [1.29, 1.82) is 0 Å². The minimum Gasteiger partial charge on any atom is -0.477 e. The second kappa shape index (κ2) is 7.66. The molecule has 0 saturated carbocycles. The molecule has 2 aromatic carbocycles. The Kier molecular flexibility index (Phi) is 5.31. The Bertz CT molecular complexity index is 1000. The van der Waals surface area contributed by atoms with Crippen molar-refractivity contribution >= 4 is 28.5 Å². The lowest BCUT2D eigenvalue weighted by atomic mass is 10.1. The lowest BCUT2D eigenvalue weighted by Crippen LogP contribution is -2.29. The summed E-state index contributed by atoms with van der Waals surface area (Å²) in [5, 5.41) is 10.6. The first-order chi connectivity index (χ1) is 13.0. The van der Waals surface area contributed by atoms with Crippen molar-refractivity contribution in [2.75, 3.05) is 11.9 Å². The van der Waals surface area contributed by atoms with Gasteiger partial charge in [-0.1, -0.05) is 43.3 Å². The molecule has 0 atom stereocenters. The van der Waals surface area contributed by atoms with Gasteiger partial charge in [0.1, 0.15) is 5.69 Å². The van der Waals surface area contributed by atoms with Crippen molar-refractivity contribution in [3.8, 4) is 0 Å². The summed E-state index contributed by atoms with van der Waals surface area (Å²) in [5.74, 6) is -1.13. The van der Waals surface area contributed by atoms with E-state index in [1.165, 1.54) is 0 Å². The molecule has 0 radical (unpaired) electrons. The third kappa shape index (κ3) is 3.33. The van der Waals surface area contributed by atoms with Crippen LogP contribution >= 0.6 is 0 Å². The summed E-state index contributed by atoms with van der Waals surface area (Å²) in [6.45, 7) is 4.49. The Morgan fingerprint density at radius 1 is 1.04 bits per heavy atom. The summed E-state index contributed by atoms with van der Waals surface area (Å²) in [6, 6.07) is 15.3. The van der Waals surface area contributed by atoms with E-state index < -0.39 is 5.97 Å². The SMILES string of the molecule is CCc1ccccc1N(C)C(=O)Cc1c(C(=O)O)n(CC)c2ccccc12. The number of para-hydroxylation sites is 2. The second-order valence-electron chi connectivity index (χ2n) is 6.51. The molecule has 0 unspecified atom stereocenters. The number of hydrogen-bond donors (Lipinski definition) is 1. The molecular weight excluding hydrogens is 340 g/mol. The van der Waals surface area contributed by atoms with Crippen LogP contribution in [-0.4, -0.2) is 28.6 Å². The lowest BCUT2D eigenvalue weighted by molar-refractivity contribution is -0.117. The predicted molar refractivity (Wildman–Crippen MR) is 108 cm³/mol. The number of likely N-dealkylation sites (N-methyl/N-ethyl adjacent to an activating group) is 1. The van der Waals surface area contributed by atoms with E-state index in [0.717, 1.165) is 28.6 Å². The topological polar surface area (TPSA) is 62.5 Å². The molecule has 5 nitrogen and oxygen atoms in total. The van der Waals surface area contributed by atoms with Gasteiger partial charge in [0.25, 0.3) is 0 Å². The first-order valence-corrected chi connectivity index (χ1v) is 9.17. The minimum atomic E-state index is -1.01. The standard InChI is InChI=1S/C22H24N2O3/c1-4-15-10-6-8-12-18(15)23(3)20(25)14-17-16-11-7-9-13-19(16)24(5-2)21(17)22(26)27/h6-13H,4-5,14H2,1-3H3,(H,26,27). The van der Waals surface area contributed by atoms with Gasteiger partial charge >= 0.3 is 5.97 Å². The molecule has 0 aliphatic rings. The summed E-state index contributed by atoms with van der Waals surface area (Å²) in [4.78, 5) is 26.6. The average molecular weight is 364 g/mol. The maximum absolute atomic E-state index is 13.0. The first-order valence-electron chi connectivity index (χ1n) is 9.17. The molecule has 1 N–H and O–H groups in total. The van der Waals surface area contributed by atoms with Gasteiger partial charge in [-0.2, -0.15) is 0 Å². The normalized spacial score (nSPS) is 10.9. The number of anilines is 1. The van der Waals surface area contributed by atoms with Crippen molar-refractivity contribution < 1.29 is 14.7 Å². The number of aryl methyl sites for hydroxylation is 2. The van der Waals surface area contributed by atoms with Crippen molar-refractivity contribution in [2.24, 2.45) is 0 Å². The number of fused-ring (bicyclic) bond motifs is 1. The summed E-state index contributed by atoms with van der Waals surface area (Å²) < 4.78 is 1.76. The van der Waals surface area contributed by atoms with E-state index in [9.17, 15) is 14.7 Å². The number of carboxylic acid groups (broad SMARTS) is 1. The number of hydrogen-bond acceptors (Lipinski definition) is 2. The zero-order chi connectivity index (χ0) is 19.6. The molecule has 27 heavy (non-hydrogen) atoms. The molecule has 0 spiro atoms. The van der Waals surface area contributed by atoms with Gasteiger partial charge in [-0.05, 0) is 31.0 Å². The van der Waals surface area contributed by atoms with E-state index >= 15 is 0 Å². The van der Waals surface area contributed by atoms with Crippen molar-refractivity contribution in [3.63, 3.8) is 0 Å². The molecule has 5 heteroatoms. The molecule has 0 aliphatic heterocycles. The molecule has 1 heterocycles. The fourth-order valence-corrected chi connectivity index (χ4v) is 3.67. The number of amides is 1.